The summed E-state index contributed by atoms with van der Waals surface area (Å²) in [5, 5.41) is 0. The highest BCUT2D eigenvalue weighted by atomic mass is 14.2. The Morgan fingerprint density at radius 3 is 2.67 bits per heavy atom. The first-order chi connectivity index (χ1) is 5.88. The van der Waals surface area contributed by atoms with Gasteiger partial charge in [-0.3, -0.25) is 0 Å². The fourth-order valence-electron chi connectivity index (χ4n) is 2.40. The monoisotopic (exact) mass is 162 g/mol. The molecule has 2 aliphatic carbocycles. The van der Waals surface area contributed by atoms with Gasteiger partial charge in [0.1, 0.15) is 0 Å². The second-order valence-corrected chi connectivity index (χ2v) is 4.20. The van der Waals surface area contributed by atoms with Crippen LogP contribution in [0, 0.1) is 5.92 Å². The summed E-state index contributed by atoms with van der Waals surface area (Å²) in [7, 11) is 0. The van der Waals surface area contributed by atoms with Gasteiger partial charge in [-0.05, 0) is 31.3 Å². The largest absolute Gasteiger partial charge is 0.0841 e. The molecule has 12 heavy (non-hydrogen) atoms. The van der Waals surface area contributed by atoms with Crippen molar-refractivity contribution in [3.05, 3.63) is 23.3 Å². The highest BCUT2D eigenvalue weighted by molar-refractivity contribution is 5.38. The molecule has 1 fully saturated rings. The van der Waals surface area contributed by atoms with Crippen LogP contribution in [0.15, 0.2) is 23.3 Å². The Morgan fingerprint density at radius 2 is 2.08 bits per heavy atom. The minimum atomic E-state index is 1.04. The molecule has 2 rings (SSSR count). The first-order valence-corrected chi connectivity index (χ1v) is 5.23. The summed E-state index contributed by atoms with van der Waals surface area (Å²) in [5.74, 6) is 1.04. The summed E-state index contributed by atoms with van der Waals surface area (Å²) in [5.41, 5.74) is 3.25. The molecule has 2 aliphatic rings. The van der Waals surface area contributed by atoms with E-state index in [-0.39, 0.29) is 0 Å². The van der Waals surface area contributed by atoms with Crippen molar-refractivity contribution in [1.29, 1.82) is 0 Å². The van der Waals surface area contributed by atoms with E-state index in [9.17, 15) is 0 Å². The Hall–Kier alpha value is -0.520. The van der Waals surface area contributed by atoms with Crippen LogP contribution in [0.25, 0.3) is 0 Å². The van der Waals surface area contributed by atoms with Crippen LogP contribution in [0.5, 0.6) is 0 Å². The third-order valence-corrected chi connectivity index (χ3v) is 3.22. The zero-order valence-corrected chi connectivity index (χ0v) is 7.97. The van der Waals surface area contributed by atoms with E-state index in [2.05, 4.69) is 19.1 Å². The topological polar surface area (TPSA) is 0 Å². The summed E-state index contributed by atoms with van der Waals surface area (Å²) in [4.78, 5) is 0. The van der Waals surface area contributed by atoms with Gasteiger partial charge in [0.15, 0.2) is 0 Å². The van der Waals surface area contributed by atoms with Crippen molar-refractivity contribution in [3.8, 4) is 0 Å². The van der Waals surface area contributed by atoms with Gasteiger partial charge >= 0.3 is 0 Å². The Kier molecular flexibility index (Phi) is 2.34. The molecule has 0 N–H and O–H groups in total. The first-order valence-electron chi connectivity index (χ1n) is 5.23. The summed E-state index contributed by atoms with van der Waals surface area (Å²) in [6.45, 7) is 2.14. The van der Waals surface area contributed by atoms with Gasteiger partial charge in [0, 0.05) is 0 Å². The zero-order valence-electron chi connectivity index (χ0n) is 7.97. The van der Waals surface area contributed by atoms with Crippen molar-refractivity contribution in [2.45, 2.75) is 45.4 Å². The van der Waals surface area contributed by atoms with Gasteiger partial charge < -0.3 is 0 Å². The van der Waals surface area contributed by atoms with Gasteiger partial charge in [-0.2, -0.15) is 0 Å². The van der Waals surface area contributed by atoms with Crippen LogP contribution in [-0.4, -0.2) is 0 Å². The van der Waals surface area contributed by atoms with E-state index in [0.29, 0.717) is 0 Å². The molecule has 0 spiro atoms. The number of hydrogen-bond acceptors (Lipinski definition) is 0. The van der Waals surface area contributed by atoms with Gasteiger partial charge in [0.2, 0.25) is 0 Å². The average Bonchev–Trinajstić information content (AvgIpc) is 2.47. The number of allylic oxidation sites excluding steroid dienone is 4. The van der Waals surface area contributed by atoms with Gasteiger partial charge in [0.25, 0.3) is 0 Å². The van der Waals surface area contributed by atoms with Crippen molar-refractivity contribution in [3.63, 3.8) is 0 Å². The molecule has 1 saturated carbocycles. The molecule has 0 aliphatic heterocycles. The predicted octanol–water partition coefficient (Wildman–Crippen LogP) is 3.84. The second kappa shape index (κ2) is 3.47. The highest BCUT2D eigenvalue weighted by Gasteiger charge is 2.19. The van der Waals surface area contributed by atoms with E-state index in [1.54, 1.807) is 11.1 Å². The smallest absolute Gasteiger partial charge is 0.00671 e. The van der Waals surface area contributed by atoms with Crippen molar-refractivity contribution in [2.24, 2.45) is 5.92 Å². The van der Waals surface area contributed by atoms with Gasteiger partial charge in [0.05, 0.1) is 0 Å². The van der Waals surface area contributed by atoms with Crippen LogP contribution in [0.2, 0.25) is 0 Å². The first kappa shape index (κ1) is 8.10. The van der Waals surface area contributed by atoms with Gasteiger partial charge in [-0.15, -0.1) is 0 Å². The lowest BCUT2D eigenvalue weighted by atomic mass is 9.85. The second-order valence-electron chi connectivity index (χ2n) is 4.20. The third kappa shape index (κ3) is 1.63. The minimum Gasteiger partial charge on any atom is -0.0841 e. The van der Waals surface area contributed by atoms with Crippen LogP contribution < -0.4 is 0 Å². The van der Waals surface area contributed by atoms with E-state index in [0.717, 1.165) is 5.92 Å². The van der Waals surface area contributed by atoms with Crippen LogP contribution >= 0.6 is 0 Å². The molecule has 0 atom stereocenters. The molecular weight excluding hydrogens is 144 g/mol. The van der Waals surface area contributed by atoms with E-state index >= 15 is 0 Å². The Labute approximate surface area is 75.4 Å². The van der Waals surface area contributed by atoms with E-state index in [1.165, 1.54) is 38.5 Å². The molecule has 0 unspecified atom stereocenters. The molecule has 0 bridgehead atoms. The van der Waals surface area contributed by atoms with Crippen molar-refractivity contribution < 1.29 is 0 Å². The molecular formula is C12H18. The van der Waals surface area contributed by atoms with Crippen LogP contribution in [0.1, 0.15) is 45.4 Å². The van der Waals surface area contributed by atoms with Crippen LogP contribution in [0.4, 0.5) is 0 Å². The molecule has 0 saturated heterocycles. The van der Waals surface area contributed by atoms with E-state index < -0.39 is 0 Å². The molecule has 0 radical (unpaired) electrons. The van der Waals surface area contributed by atoms with Gasteiger partial charge in [-0.25, -0.2) is 0 Å². The van der Waals surface area contributed by atoms with Crippen molar-refractivity contribution in [1.82, 2.24) is 0 Å². The summed E-state index contributed by atoms with van der Waals surface area (Å²) in [6.07, 6.45) is 13.2. The maximum Gasteiger partial charge on any atom is -0.00671 e. The van der Waals surface area contributed by atoms with Gasteiger partial charge in [-0.1, -0.05) is 43.4 Å². The summed E-state index contributed by atoms with van der Waals surface area (Å²) < 4.78 is 0. The SMILES string of the molecule is C/C=C1\C=C(CC2CCCC2)C1. The molecule has 0 aromatic carbocycles. The molecule has 0 heteroatoms. The Bertz CT molecular complexity index is 214. The molecule has 0 heterocycles. The normalized spacial score (nSPS) is 27.4. The van der Waals surface area contributed by atoms with Crippen LogP contribution in [-0.2, 0) is 0 Å². The highest BCUT2D eigenvalue weighted by Crippen LogP contribution is 2.36. The van der Waals surface area contributed by atoms with E-state index in [4.69, 9.17) is 0 Å². The summed E-state index contributed by atoms with van der Waals surface area (Å²) in [6, 6.07) is 0. The molecule has 0 amide bonds. The predicted molar refractivity (Wildman–Crippen MR) is 53.0 cm³/mol. The lowest BCUT2D eigenvalue weighted by molar-refractivity contribution is 0.533. The third-order valence-electron chi connectivity index (χ3n) is 3.22. The van der Waals surface area contributed by atoms with Crippen molar-refractivity contribution >= 4 is 0 Å². The Morgan fingerprint density at radius 1 is 1.42 bits per heavy atom. The fraction of sp³-hybridized carbons (Fsp3) is 0.667. The zero-order chi connectivity index (χ0) is 8.39. The lowest BCUT2D eigenvalue weighted by Gasteiger charge is -2.21. The molecule has 0 aromatic rings. The minimum absolute atomic E-state index is 1.04. The lowest BCUT2D eigenvalue weighted by Crippen LogP contribution is -2.03. The quantitative estimate of drug-likeness (QED) is 0.578. The maximum absolute atomic E-state index is 2.39. The molecule has 0 aromatic heterocycles. The Balaban J connectivity index is 1.81. The van der Waals surface area contributed by atoms with Crippen LogP contribution in [0.3, 0.4) is 0 Å². The fourth-order valence-corrected chi connectivity index (χ4v) is 2.40. The van der Waals surface area contributed by atoms with E-state index in [1.807, 2.05) is 0 Å². The number of rotatable bonds is 2. The molecule has 66 valence electrons. The summed E-state index contributed by atoms with van der Waals surface area (Å²) >= 11 is 0. The maximum atomic E-state index is 2.39. The standard InChI is InChI=1S/C12H18/c1-2-10-7-12(8-10)9-11-5-3-4-6-11/h2,7,11H,3-6,8-9H2,1H3/b10-2+. The number of hydrogen-bond donors (Lipinski definition) is 0. The average molecular weight is 162 g/mol. The molecule has 0 nitrogen and oxygen atoms in total. The van der Waals surface area contributed by atoms with Crippen molar-refractivity contribution in [2.75, 3.05) is 0 Å².